The van der Waals surface area contributed by atoms with Gasteiger partial charge in [-0.05, 0) is 134 Å². The molecule has 0 radical (unpaired) electrons. The van der Waals surface area contributed by atoms with E-state index in [4.69, 9.17) is 10.5 Å². The molecular formula is C36H52FNO2. The number of carbonyl (C=O) groups is 1. The minimum Gasteiger partial charge on any atom is -0.465 e. The van der Waals surface area contributed by atoms with Crippen molar-refractivity contribution in [2.45, 2.75) is 104 Å². The Labute approximate surface area is 242 Å². The maximum absolute atomic E-state index is 14.8. The summed E-state index contributed by atoms with van der Waals surface area (Å²) >= 11 is 0. The van der Waals surface area contributed by atoms with Gasteiger partial charge in [-0.3, -0.25) is 0 Å². The SMILES string of the molecule is C=CC.COC(=O)c1ccc(C2=CCC3(C)C(CCC4(C)C3CCC3C5CCCC5(N)CC[C@]34C)C2C)cc1F. The van der Waals surface area contributed by atoms with E-state index in [2.05, 4.69) is 40.3 Å². The summed E-state index contributed by atoms with van der Waals surface area (Å²) in [6.45, 7) is 15.5. The van der Waals surface area contributed by atoms with Gasteiger partial charge in [-0.2, -0.15) is 0 Å². The van der Waals surface area contributed by atoms with Crippen LogP contribution in [0.1, 0.15) is 115 Å². The molecule has 5 aliphatic rings. The Hall–Kier alpha value is -1.94. The standard InChI is InChI=1S/C33H46FNO2.C3H6/c1-20-22(21-8-9-23(27(34)19-21)29(36)37-5)12-15-30(2)24(20)13-16-32(4)28(30)11-10-25-26-7-6-14-33(26,35)18-17-31(25,32)3;1-3-2/h8-9,12,19-20,24-26,28H,6-7,10-11,13-18,35H2,1-5H3;3H,1H2,2H3/t20?,24?,25?,26?,28?,30?,31-,32?,33?;/m1./s1. The number of hydrogen-bond donors (Lipinski definition) is 1. The highest BCUT2D eigenvalue weighted by atomic mass is 19.1. The van der Waals surface area contributed by atoms with Crippen molar-refractivity contribution in [1.29, 1.82) is 0 Å². The smallest absolute Gasteiger partial charge is 0.340 e. The second-order valence-corrected chi connectivity index (χ2v) is 14.7. The van der Waals surface area contributed by atoms with Crippen LogP contribution in [-0.2, 0) is 4.74 Å². The highest BCUT2D eigenvalue weighted by molar-refractivity contribution is 5.90. The van der Waals surface area contributed by atoms with E-state index in [1.807, 2.05) is 13.0 Å². The highest BCUT2D eigenvalue weighted by Crippen LogP contribution is 2.74. The van der Waals surface area contributed by atoms with Gasteiger partial charge in [0.15, 0.2) is 0 Å². The summed E-state index contributed by atoms with van der Waals surface area (Å²) in [6.07, 6.45) is 16.8. The molecule has 0 bridgehead atoms. The molecule has 8 unspecified atom stereocenters. The molecule has 0 aliphatic heterocycles. The molecule has 0 aromatic heterocycles. The summed E-state index contributed by atoms with van der Waals surface area (Å²) < 4.78 is 19.6. The lowest BCUT2D eigenvalue weighted by Crippen LogP contribution is -2.66. The first-order chi connectivity index (χ1) is 18.9. The van der Waals surface area contributed by atoms with Gasteiger partial charge in [-0.1, -0.05) is 52.3 Å². The molecule has 6 rings (SSSR count). The second-order valence-electron chi connectivity index (χ2n) is 14.7. The summed E-state index contributed by atoms with van der Waals surface area (Å²) in [5.41, 5.74) is 10.3. The number of carbonyl (C=O) groups excluding carboxylic acids is 1. The summed E-state index contributed by atoms with van der Waals surface area (Å²) in [6, 6.07) is 5.03. The summed E-state index contributed by atoms with van der Waals surface area (Å²) in [5, 5.41) is 0. The number of allylic oxidation sites excluding steroid dienone is 3. The van der Waals surface area contributed by atoms with E-state index in [-0.39, 0.29) is 16.5 Å². The zero-order valence-corrected chi connectivity index (χ0v) is 25.8. The number of halogens is 1. The van der Waals surface area contributed by atoms with Crippen LogP contribution in [0.4, 0.5) is 4.39 Å². The van der Waals surface area contributed by atoms with Crippen LogP contribution in [0.15, 0.2) is 36.9 Å². The summed E-state index contributed by atoms with van der Waals surface area (Å²) in [4.78, 5) is 11.9. The van der Waals surface area contributed by atoms with Gasteiger partial charge in [0.2, 0.25) is 0 Å². The normalized spacial score (nSPS) is 43.5. The van der Waals surface area contributed by atoms with Crippen LogP contribution in [0.2, 0.25) is 0 Å². The maximum atomic E-state index is 14.8. The van der Waals surface area contributed by atoms with Gasteiger partial charge in [-0.25, -0.2) is 9.18 Å². The number of rotatable bonds is 2. The molecule has 0 spiro atoms. The monoisotopic (exact) mass is 549 g/mol. The van der Waals surface area contributed by atoms with Gasteiger partial charge in [0.1, 0.15) is 5.82 Å². The van der Waals surface area contributed by atoms with Crippen molar-refractivity contribution in [2.24, 2.45) is 51.6 Å². The van der Waals surface area contributed by atoms with Gasteiger partial charge in [-0.15, -0.1) is 6.58 Å². The summed E-state index contributed by atoms with van der Waals surface area (Å²) in [7, 11) is 1.29. The number of nitrogens with two attached hydrogens (primary N) is 1. The molecule has 1 aromatic carbocycles. The van der Waals surface area contributed by atoms with E-state index in [9.17, 15) is 9.18 Å². The summed E-state index contributed by atoms with van der Waals surface area (Å²) in [5.74, 6) is 2.06. The molecular weight excluding hydrogens is 497 g/mol. The van der Waals surface area contributed by atoms with Crippen LogP contribution in [0.25, 0.3) is 5.57 Å². The van der Waals surface area contributed by atoms with Crippen LogP contribution < -0.4 is 5.73 Å². The van der Waals surface area contributed by atoms with E-state index in [1.54, 1.807) is 18.2 Å². The second kappa shape index (κ2) is 10.4. The molecule has 0 saturated heterocycles. The number of esters is 1. The third-order valence-electron chi connectivity index (χ3n) is 13.3. The largest absolute Gasteiger partial charge is 0.465 e. The molecule has 40 heavy (non-hydrogen) atoms. The first-order valence-electron chi connectivity index (χ1n) is 15.8. The van der Waals surface area contributed by atoms with E-state index in [0.29, 0.717) is 34.5 Å². The van der Waals surface area contributed by atoms with E-state index >= 15 is 0 Å². The Morgan fingerprint density at radius 2 is 1.75 bits per heavy atom. The zero-order chi connectivity index (χ0) is 29.1. The van der Waals surface area contributed by atoms with E-state index in [1.165, 1.54) is 70.5 Å². The molecule has 1 aromatic rings. The average molecular weight is 550 g/mol. The molecule has 4 saturated carbocycles. The lowest BCUT2D eigenvalue weighted by atomic mass is 9.34. The number of ether oxygens (including phenoxy) is 1. The van der Waals surface area contributed by atoms with Gasteiger partial charge < -0.3 is 10.5 Å². The van der Waals surface area contributed by atoms with Crippen molar-refractivity contribution < 1.29 is 13.9 Å². The van der Waals surface area contributed by atoms with Crippen LogP contribution in [0.3, 0.4) is 0 Å². The van der Waals surface area contributed by atoms with Crippen LogP contribution in [0, 0.1) is 51.7 Å². The minimum atomic E-state index is -0.620. The van der Waals surface area contributed by atoms with Crippen molar-refractivity contribution in [1.82, 2.24) is 0 Å². The molecule has 0 amide bonds. The molecule has 4 heteroatoms. The topological polar surface area (TPSA) is 52.3 Å². The van der Waals surface area contributed by atoms with Crippen molar-refractivity contribution >= 4 is 11.5 Å². The number of benzene rings is 1. The lowest BCUT2D eigenvalue weighted by molar-refractivity contribution is -0.209. The van der Waals surface area contributed by atoms with E-state index in [0.717, 1.165) is 17.9 Å². The Balaban J connectivity index is 0.00000103. The molecule has 0 heterocycles. The van der Waals surface area contributed by atoms with Crippen LogP contribution in [0.5, 0.6) is 0 Å². The Morgan fingerprint density at radius 1 is 1.02 bits per heavy atom. The zero-order valence-electron chi connectivity index (χ0n) is 25.8. The van der Waals surface area contributed by atoms with Crippen LogP contribution in [-0.4, -0.2) is 18.6 Å². The van der Waals surface area contributed by atoms with Crippen molar-refractivity contribution in [3.63, 3.8) is 0 Å². The van der Waals surface area contributed by atoms with Crippen molar-refractivity contribution in [2.75, 3.05) is 7.11 Å². The molecule has 2 N–H and O–H groups in total. The van der Waals surface area contributed by atoms with Gasteiger partial charge in [0.05, 0.1) is 12.7 Å². The minimum absolute atomic E-state index is 0.00910. The first-order valence-corrected chi connectivity index (χ1v) is 15.8. The predicted molar refractivity (Wildman–Crippen MR) is 162 cm³/mol. The Morgan fingerprint density at radius 3 is 2.42 bits per heavy atom. The fourth-order valence-corrected chi connectivity index (χ4v) is 11.2. The number of hydrogen-bond acceptors (Lipinski definition) is 3. The van der Waals surface area contributed by atoms with Gasteiger partial charge in [0, 0.05) is 5.54 Å². The molecule has 5 aliphatic carbocycles. The van der Waals surface area contributed by atoms with Crippen molar-refractivity contribution in [3.05, 3.63) is 53.9 Å². The third kappa shape index (κ3) is 4.17. The fourth-order valence-electron chi connectivity index (χ4n) is 11.2. The molecule has 4 fully saturated rings. The lowest BCUT2D eigenvalue weighted by Gasteiger charge is -2.71. The fraction of sp³-hybridized carbons (Fsp3) is 0.694. The highest BCUT2D eigenvalue weighted by Gasteiger charge is 2.68. The maximum Gasteiger partial charge on any atom is 0.340 e. The van der Waals surface area contributed by atoms with E-state index < -0.39 is 11.8 Å². The van der Waals surface area contributed by atoms with Gasteiger partial charge >= 0.3 is 5.97 Å². The molecule has 3 nitrogen and oxygen atoms in total. The number of methoxy groups -OCH3 is 1. The Kier molecular flexibility index (Phi) is 7.69. The van der Waals surface area contributed by atoms with Gasteiger partial charge in [0.25, 0.3) is 0 Å². The molecule has 9 atom stereocenters. The predicted octanol–water partition coefficient (Wildman–Crippen LogP) is 8.97. The Bertz CT molecular complexity index is 1190. The average Bonchev–Trinajstić information content (AvgIpc) is 3.31. The van der Waals surface area contributed by atoms with Crippen molar-refractivity contribution in [3.8, 4) is 0 Å². The third-order valence-corrected chi connectivity index (χ3v) is 13.3. The van der Waals surface area contributed by atoms with Crippen LogP contribution >= 0.6 is 0 Å². The molecule has 220 valence electrons. The quantitative estimate of drug-likeness (QED) is 0.296. The first kappa shape index (κ1) is 29.5. The number of fused-ring (bicyclic) bond motifs is 7.